The van der Waals surface area contributed by atoms with Gasteiger partial charge in [-0.3, -0.25) is 4.99 Å². The molecule has 20 heavy (non-hydrogen) atoms. The predicted molar refractivity (Wildman–Crippen MR) is 99.1 cm³/mol. The summed E-state index contributed by atoms with van der Waals surface area (Å²) in [5, 5.41) is 6.71. The van der Waals surface area contributed by atoms with E-state index < -0.39 is 0 Å². The van der Waals surface area contributed by atoms with E-state index in [2.05, 4.69) is 36.3 Å². The third-order valence-corrected chi connectivity index (χ3v) is 3.50. The van der Waals surface area contributed by atoms with Crippen LogP contribution in [-0.4, -0.2) is 50.1 Å². The van der Waals surface area contributed by atoms with E-state index in [-0.39, 0.29) is 24.0 Å². The summed E-state index contributed by atoms with van der Waals surface area (Å²) in [6, 6.07) is 0. The first-order chi connectivity index (χ1) is 9.26. The summed E-state index contributed by atoms with van der Waals surface area (Å²) in [7, 11) is 0. The number of halogens is 1. The molecule has 0 aromatic rings. The molecule has 0 amide bonds. The Morgan fingerprint density at radius 2 is 1.90 bits per heavy atom. The molecule has 0 aromatic heterocycles. The number of hydrogen-bond acceptors (Lipinski definition) is 2. The van der Waals surface area contributed by atoms with Gasteiger partial charge in [-0.15, -0.1) is 24.0 Å². The Labute approximate surface area is 142 Å². The van der Waals surface area contributed by atoms with Crippen LogP contribution in [-0.2, 0) is 0 Å². The van der Waals surface area contributed by atoms with Crippen molar-refractivity contribution in [3.05, 3.63) is 0 Å². The average molecular weight is 396 g/mol. The monoisotopic (exact) mass is 396 g/mol. The number of guanidine groups is 1. The minimum atomic E-state index is 0. The Balaban J connectivity index is 0.00000361. The number of likely N-dealkylation sites (tertiary alicyclic amines) is 1. The van der Waals surface area contributed by atoms with Gasteiger partial charge >= 0.3 is 0 Å². The van der Waals surface area contributed by atoms with Crippen LogP contribution in [0.5, 0.6) is 0 Å². The highest BCUT2D eigenvalue weighted by atomic mass is 127. The standard InChI is InChI=1S/C15H32N4.HI/c1-4-6-9-17-15(16-5-2)18-12-14(3)13-19-10-7-8-11-19;/h14H,4-13H2,1-3H3,(H2,16,17,18);1H. The van der Waals surface area contributed by atoms with Crippen molar-refractivity contribution in [3.8, 4) is 0 Å². The van der Waals surface area contributed by atoms with Gasteiger partial charge in [0.2, 0.25) is 0 Å². The molecule has 5 heteroatoms. The molecule has 1 fully saturated rings. The van der Waals surface area contributed by atoms with Crippen LogP contribution in [0.25, 0.3) is 0 Å². The molecule has 0 aliphatic carbocycles. The maximum atomic E-state index is 4.70. The zero-order valence-corrected chi connectivity index (χ0v) is 15.8. The Morgan fingerprint density at radius 3 is 2.50 bits per heavy atom. The highest BCUT2D eigenvalue weighted by molar-refractivity contribution is 14.0. The van der Waals surface area contributed by atoms with Crippen LogP contribution >= 0.6 is 24.0 Å². The van der Waals surface area contributed by atoms with Gasteiger partial charge in [-0.25, -0.2) is 0 Å². The topological polar surface area (TPSA) is 39.7 Å². The smallest absolute Gasteiger partial charge is 0.191 e. The second kappa shape index (κ2) is 12.7. The quantitative estimate of drug-likeness (QED) is 0.287. The first kappa shape index (κ1) is 20.0. The van der Waals surface area contributed by atoms with Crippen molar-refractivity contribution in [2.45, 2.75) is 46.5 Å². The Hall–Kier alpha value is -0.0400. The lowest BCUT2D eigenvalue weighted by Gasteiger charge is -2.19. The molecule has 1 atom stereocenters. The molecule has 1 saturated heterocycles. The van der Waals surface area contributed by atoms with Crippen LogP contribution in [0.4, 0.5) is 0 Å². The summed E-state index contributed by atoms with van der Waals surface area (Å²) >= 11 is 0. The van der Waals surface area contributed by atoms with Crippen LogP contribution in [0.1, 0.15) is 46.5 Å². The molecule has 1 aliphatic rings. The van der Waals surface area contributed by atoms with E-state index in [4.69, 9.17) is 4.99 Å². The summed E-state index contributed by atoms with van der Waals surface area (Å²) < 4.78 is 0. The van der Waals surface area contributed by atoms with Crippen molar-refractivity contribution in [1.29, 1.82) is 0 Å². The van der Waals surface area contributed by atoms with E-state index in [1.54, 1.807) is 0 Å². The highest BCUT2D eigenvalue weighted by Crippen LogP contribution is 2.10. The fourth-order valence-electron chi connectivity index (χ4n) is 2.44. The molecule has 0 radical (unpaired) electrons. The van der Waals surface area contributed by atoms with Gasteiger partial charge in [0, 0.05) is 26.2 Å². The maximum Gasteiger partial charge on any atom is 0.191 e. The predicted octanol–water partition coefficient (Wildman–Crippen LogP) is 2.69. The lowest BCUT2D eigenvalue weighted by atomic mass is 10.2. The summed E-state index contributed by atoms with van der Waals surface area (Å²) in [5.74, 6) is 1.61. The molecule has 0 saturated carbocycles. The van der Waals surface area contributed by atoms with Gasteiger partial charge in [0.15, 0.2) is 5.96 Å². The first-order valence-electron chi connectivity index (χ1n) is 8.00. The van der Waals surface area contributed by atoms with Crippen LogP contribution in [0.3, 0.4) is 0 Å². The van der Waals surface area contributed by atoms with Crippen LogP contribution in [0.2, 0.25) is 0 Å². The number of rotatable bonds is 8. The molecule has 2 N–H and O–H groups in total. The highest BCUT2D eigenvalue weighted by Gasteiger charge is 2.14. The van der Waals surface area contributed by atoms with Crippen LogP contribution < -0.4 is 10.6 Å². The molecule has 120 valence electrons. The van der Waals surface area contributed by atoms with Crippen molar-refractivity contribution in [2.75, 3.05) is 39.3 Å². The fraction of sp³-hybridized carbons (Fsp3) is 0.933. The largest absolute Gasteiger partial charge is 0.357 e. The molecule has 1 unspecified atom stereocenters. The number of nitrogens with zero attached hydrogens (tertiary/aromatic N) is 2. The molecule has 0 spiro atoms. The van der Waals surface area contributed by atoms with Crippen molar-refractivity contribution in [1.82, 2.24) is 15.5 Å². The second-order valence-corrected chi connectivity index (χ2v) is 5.61. The molecule has 0 bridgehead atoms. The SMILES string of the molecule is CCCCNC(=NCC(C)CN1CCCC1)NCC.I. The molecular weight excluding hydrogens is 363 g/mol. The zero-order valence-electron chi connectivity index (χ0n) is 13.5. The van der Waals surface area contributed by atoms with Gasteiger partial charge in [-0.1, -0.05) is 20.3 Å². The molecule has 1 aliphatic heterocycles. The third-order valence-electron chi connectivity index (χ3n) is 3.50. The third kappa shape index (κ3) is 9.00. The number of aliphatic imine (C=N–C) groups is 1. The van der Waals surface area contributed by atoms with Gasteiger partial charge in [-0.05, 0) is 45.2 Å². The second-order valence-electron chi connectivity index (χ2n) is 5.61. The summed E-state index contributed by atoms with van der Waals surface area (Å²) in [6.45, 7) is 13.2. The summed E-state index contributed by atoms with van der Waals surface area (Å²) in [6.07, 6.45) is 5.17. The minimum absolute atomic E-state index is 0. The van der Waals surface area contributed by atoms with E-state index in [0.29, 0.717) is 5.92 Å². The van der Waals surface area contributed by atoms with Crippen molar-refractivity contribution >= 4 is 29.9 Å². The Bertz CT molecular complexity index is 252. The average Bonchev–Trinajstić information content (AvgIpc) is 2.89. The van der Waals surface area contributed by atoms with Gasteiger partial charge < -0.3 is 15.5 Å². The van der Waals surface area contributed by atoms with E-state index in [1.807, 2.05) is 0 Å². The number of unbranched alkanes of at least 4 members (excludes halogenated alkanes) is 1. The van der Waals surface area contributed by atoms with Gasteiger partial charge in [-0.2, -0.15) is 0 Å². The van der Waals surface area contributed by atoms with E-state index in [9.17, 15) is 0 Å². The number of hydrogen-bond donors (Lipinski definition) is 2. The molecule has 1 rings (SSSR count). The molecule has 0 aromatic carbocycles. The normalized spacial score (nSPS) is 17.6. The maximum absolute atomic E-state index is 4.70. The lowest BCUT2D eigenvalue weighted by Crippen LogP contribution is -2.38. The minimum Gasteiger partial charge on any atom is -0.357 e. The lowest BCUT2D eigenvalue weighted by molar-refractivity contribution is 0.291. The molecule has 1 heterocycles. The van der Waals surface area contributed by atoms with Crippen molar-refractivity contribution in [2.24, 2.45) is 10.9 Å². The van der Waals surface area contributed by atoms with Crippen LogP contribution in [0, 0.1) is 5.92 Å². The fourth-order valence-corrected chi connectivity index (χ4v) is 2.44. The van der Waals surface area contributed by atoms with Crippen molar-refractivity contribution < 1.29 is 0 Å². The zero-order chi connectivity index (χ0) is 13.9. The van der Waals surface area contributed by atoms with Gasteiger partial charge in [0.1, 0.15) is 0 Å². The van der Waals surface area contributed by atoms with E-state index in [0.717, 1.165) is 25.6 Å². The van der Waals surface area contributed by atoms with Crippen LogP contribution in [0.15, 0.2) is 4.99 Å². The van der Waals surface area contributed by atoms with E-state index >= 15 is 0 Å². The van der Waals surface area contributed by atoms with E-state index in [1.165, 1.54) is 45.3 Å². The molecular formula is C15H33IN4. The van der Waals surface area contributed by atoms with Gasteiger partial charge in [0.25, 0.3) is 0 Å². The van der Waals surface area contributed by atoms with Gasteiger partial charge in [0.05, 0.1) is 0 Å². The summed E-state index contributed by atoms with van der Waals surface area (Å²) in [4.78, 5) is 7.26. The van der Waals surface area contributed by atoms with Crippen molar-refractivity contribution in [3.63, 3.8) is 0 Å². The summed E-state index contributed by atoms with van der Waals surface area (Å²) in [5.41, 5.74) is 0. The Morgan fingerprint density at radius 1 is 1.20 bits per heavy atom. The molecule has 4 nitrogen and oxygen atoms in total. The Kier molecular flexibility index (Phi) is 12.7. The number of nitrogens with one attached hydrogen (secondary N) is 2. The first-order valence-corrected chi connectivity index (χ1v) is 8.00.